The van der Waals surface area contributed by atoms with Crippen LogP contribution in [0.15, 0.2) is 30.3 Å². The molecule has 1 aromatic carbocycles. The van der Waals surface area contributed by atoms with Gasteiger partial charge in [0.2, 0.25) is 11.8 Å². The predicted octanol–water partition coefficient (Wildman–Crippen LogP) is 2.02. The molecule has 5 heteroatoms. The van der Waals surface area contributed by atoms with E-state index < -0.39 is 0 Å². The molecule has 1 aliphatic heterocycles. The second kappa shape index (κ2) is 10.2. The number of carbonyl (C=O) groups excluding carboxylic acids is 2. The van der Waals surface area contributed by atoms with E-state index >= 15 is 0 Å². The summed E-state index contributed by atoms with van der Waals surface area (Å²) < 4.78 is 0. The van der Waals surface area contributed by atoms with Crippen molar-refractivity contribution >= 4 is 11.8 Å². The summed E-state index contributed by atoms with van der Waals surface area (Å²) in [6.07, 6.45) is 2.28. The summed E-state index contributed by atoms with van der Waals surface area (Å²) in [5.74, 6) is 0.412. The molecule has 0 N–H and O–H groups in total. The van der Waals surface area contributed by atoms with Crippen LogP contribution in [0.4, 0.5) is 0 Å². The molecule has 1 aromatic rings. The Morgan fingerprint density at radius 3 is 2.40 bits per heavy atom. The van der Waals surface area contributed by atoms with Crippen LogP contribution in [0.5, 0.6) is 0 Å². The number of aryl methyl sites for hydroxylation is 1. The predicted molar refractivity (Wildman–Crippen MR) is 100 cm³/mol. The number of carbonyl (C=O) groups is 2. The van der Waals surface area contributed by atoms with Crippen molar-refractivity contribution in [3.05, 3.63) is 35.9 Å². The second-order valence-electron chi connectivity index (χ2n) is 6.56. The van der Waals surface area contributed by atoms with Gasteiger partial charge in [0, 0.05) is 45.7 Å². The Kier molecular flexibility index (Phi) is 7.92. The van der Waals surface area contributed by atoms with E-state index in [0.717, 1.165) is 52.1 Å². The summed E-state index contributed by atoms with van der Waals surface area (Å²) in [7, 11) is 0. The monoisotopic (exact) mass is 345 g/mol. The maximum Gasteiger partial charge on any atom is 0.236 e. The minimum absolute atomic E-state index is 0.189. The van der Waals surface area contributed by atoms with Gasteiger partial charge in [0.1, 0.15) is 0 Å². The molecule has 1 saturated heterocycles. The van der Waals surface area contributed by atoms with E-state index in [0.29, 0.717) is 13.0 Å². The number of hydrogen-bond acceptors (Lipinski definition) is 3. The Labute approximate surface area is 151 Å². The van der Waals surface area contributed by atoms with Gasteiger partial charge in [-0.15, -0.1) is 0 Å². The quantitative estimate of drug-likeness (QED) is 0.759. The molecule has 0 aromatic heterocycles. The Morgan fingerprint density at radius 1 is 1.00 bits per heavy atom. The van der Waals surface area contributed by atoms with Crippen molar-refractivity contribution in [3.8, 4) is 0 Å². The summed E-state index contributed by atoms with van der Waals surface area (Å²) in [5.41, 5.74) is 1.21. The number of nitrogens with zero attached hydrogens (tertiary/aromatic N) is 3. The van der Waals surface area contributed by atoms with Crippen molar-refractivity contribution in [2.45, 2.75) is 33.1 Å². The lowest BCUT2D eigenvalue weighted by molar-refractivity contribution is -0.132. The summed E-state index contributed by atoms with van der Waals surface area (Å²) >= 11 is 0. The highest BCUT2D eigenvalue weighted by Gasteiger charge is 2.21. The Bertz CT molecular complexity index is 543. The lowest BCUT2D eigenvalue weighted by Crippen LogP contribution is -2.42. The van der Waals surface area contributed by atoms with Crippen LogP contribution < -0.4 is 0 Å². The highest BCUT2D eigenvalue weighted by Crippen LogP contribution is 2.09. The smallest absolute Gasteiger partial charge is 0.236 e. The molecule has 0 spiro atoms. The number of benzene rings is 1. The Hall–Kier alpha value is -1.88. The molecule has 5 nitrogen and oxygen atoms in total. The molecule has 0 saturated carbocycles. The van der Waals surface area contributed by atoms with E-state index in [-0.39, 0.29) is 11.8 Å². The van der Waals surface area contributed by atoms with E-state index in [2.05, 4.69) is 17.0 Å². The lowest BCUT2D eigenvalue weighted by atomic mass is 10.1. The van der Waals surface area contributed by atoms with Crippen LogP contribution in [-0.2, 0) is 16.0 Å². The number of rotatable bonds is 7. The summed E-state index contributed by atoms with van der Waals surface area (Å²) in [6.45, 7) is 9.19. The van der Waals surface area contributed by atoms with Crippen LogP contribution in [-0.4, -0.2) is 72.3 Å². The van der Waals surface area contributed by atoms with E-state index in [1.54, 1.807) is 0 Å². The zero-order chi connectivity index (χ0) is 18.1. The van der Waals surface area contributed by atoms with Gasteiger partial charge in [0.05, 0.1) is 6.54 Å². The molecule has 0 unspecified atom stereocenters. The average molecular weight is 345 g/mol. The molecule has 2 rings (SSSR count). The lowest BCUT2D eigenvalue weighted by Gasteiger charge is -2.25. The van der Waals surface area contributed by atoms with Crippen molar-refractivity contribution in [1.82, 2.24) is 14.7 Å². The van der Waals surface area contributed by atoms with Gasteiger partial charge >= 0.3 is 0 Å². The molecule has 1 aliphatic rings. The van der Waals surface area contributed by atoms with Crippen molar-refractivity contribution in [3.63, 3.8) is 0 Å². The van der Waals surface area contributed by atoms with Crippen LogP contribution in [0.25, 0.3) is 0 Å². The second-order valence-corrected chi connectivity index (χ2v) is 6.56. The Morgan fingerprint density at radius 2 is 1.72 bits per heavy atom. The summed E-state index contributed by atoms with van der Waals surface area (Å²) in [5, 5.41) is 0. The van der Waals surface area contributed by atoms with Gasteiger partial charge in [-0.25, -0.2) is 0 Å². The van der Waals surface area contributed by atoms with Gasteiger partial charge in [-0.05, 0) is 32.3 Å². The molecule has 0 bridgehead atoms. The molecule has 25 heavy (non-hydrogen) atoms. The van der Waals surface area contributed by atoms with Crippen LogP contribution in [0.3, 0.4) is 0 Å². The van der Waals surface area contributed by atoms with Crippen molar-refractivity contribution in [2.75, 3.05) is 45.8 Å². The minimum Gasteiger partial charge on any atom is -0.342 e. The summed E-state index contributed by atoms with van der Waals surface area (Å²) in [4.78, 5) is 30.8. The molecule has 0 aliphatic carbocycles. The van der Waals surface area contributed by atoms with Crippen molar-refractivity contribution in [2.24, 2.45) is 0 Å². The molecular formula is C20H31N3O2. The Balaban J connectivity index is 1.78. The van der Waals surface area contributed by atoms with Crippen LogP contribution in [0, 0.1) is 0 Å². The first kappa shape index (κ1) is 19.4. The number of hydrogen-bond donors (Lipinski definition) is 0. The van der Waals surface area contributed by atoms with E-state index in [1.165, 1.54) is 5.56 Å². The molecule has 0 atom stereocenters. The van der Waals surface area contributed by atoms with Crippen LogP contribution in [0.2, 0.25) is 0 Å². The van der Waals surface area contributed by atoms with Gasteiger partial charge in [-0.2, -0.15) is 0 Å². The van der Waals surface area contributed by atoms with Gasteiger partial charge < -0.3 is 9.80 Å². The number of amides is 2. The fourth-order valence-corrected chi connectivity index (χ4v) is 3.30. The molecular weight excluding hydrogens is 314 g/mol. The topological polar surface area (TPSA) is 43.9 Å². The van der Waals surface area contributed by atoms with Gasteiger partial charge in [0.15, 0.2) is 0 Å². The summed E-state index contributed by atoms with van der Waals surface area (Å²) in [6, 6.07) is 10.1. The number of likely N-dealkylation sites (N-methyl/N-ethyl adjacent to an activating group) is 1. The zero-order valence-electron chi connectivity index (χ0n) is 15.6. The maximum absolute atomic E-state index is 12.5. The van der Waals surface area contributed by atoms with Crippen LogP contribution >= 0.6 is 0 Å². The first-order chi connectivity index (χ1) is 12.1. The average Bonchev–Trinajstić information content (AvgIpc) is 2.87. The molecule has 2 amide bonds. The standard InChI is InChI=1S/C20H31N3O2/c1-3-22(4-2)20(25)17-21-13-8-14-23(16-15-21)19(24)12-11-18-9-6-5-7-10-18/h5-7,9-10H,3-4,8,11-17H2,1-2H3. The van der Waals surface area contributed by atoms with E-state index in [4.69, 9.17) is 0 Å². The van der Waals surface area contributed by atoms with Crippen molar-refractivity contribution in [1.29, 1.82) is 0 Å². The largest absolute Gasteiger partial charge is 0.342 e. The minimum atomic E-state index is 0.189. The van der Waals surface area contributed by atoms with Crippen molar-refractivity contribution < 1.29 is 9.59 Å². The first-order valence-electron chi connectivity index (χ1n) is 9.45. The fourth-order valence-electron chi connectivity index (χ4n) is 3.30. The van der Waals surface area contributed by atoms with E-state index in [1.807, 2.05) is 41.8 Å². The maximum atomic E-state index is 12.5. The molecule has 138 valence electrons. The highest BCUT2D eigenvalue weighted by molar-refractivity contribution is 5.78. The third-order valence-electron chi connectivity index (χ3n) is 4.89. The van der Waals surface area contributed by atoms with Gasteiger partial charge in [0.25, 0.3) is 0 Å². The fraction of sp³-hybridized carbons (Fsp3) is 0.600. The zero-order valence-corrected chi connectivity index (χ0v) is 15.6. The van der Waals surface area contributed by atoms with E-state index in [9.17, 15) is 9.59 Å². The highest BCUT2D eigenvalue weighted by atomic mass is 16.2. The van der Waals surface area contributed by atoms with Crippen LogP contribution in [0.1, 0.15) is 32.3 Å². The molecule has 1 fully saturated rings. The molecule has 1 heterocycles. The van der Waals surface area contributed by atoms with Gasteiger partial charge in [-0.1, -0.05) is 30.3 Å². The first-order valence-corrected chi connectivity index (χ1v) is 9.45. The third kappa shape index (κ3) is 6.16. The molecule has 0 radical (unpaired) electrons. The SMILES string of the molecule is CCN(CC)C(=O)CN1CCCN(C(=O)CCc2ccccc2)CC1. The third-order valence-corrected chi connectivity index (χ3v) is 4.89. The normalized spacial score (nSPS) is 15.7. The van der Waals surface area contributed by atoms with Gasteiger partial charge in [-0.3, -0.25) is 14.5 Å².